The predicted molar refractivity (Wildman–Crippen MR) is 57.3 cm³/mol. The van der Waals surface area contributed by atoms with Gasteiger partial charge in [-0.1, -0.05) is 12.2 Å². The van der Waals surface area contributed by atoms with E-state index >= 15 is 0 Å². The summed E-state index contributed by atoms with van der Waals surface area (Å²) >= 11 is 0. The maximum atomic E-state index is 9.55. The smallest absolute Gasteiger partial charge is 0.180 e. The van der Waals surface area contributed by atoms with Gasteiger partial charge in [0.25, 0.3) is 0 Å². The SMILES string of the molecule is C=CCCO[C@@H]1OCC[C@H]2C[C@@H](O)C=C21. The van der Waals surface area contributed by atoms with Gasteiger partial charge in [0, 0.05) is 0 Å². The van der Waals surface area contributed by atoms with E-state index in [2.05, 4.69) is 6.58 Å². The van der Waals surface area contributed by atoms with Crippen molar-refractivity contribution >= 4 is 0 Å². The summed E-state index contributed by atoms with van der Waals surface area (Å²) in [6.07, 6.45) is 5.85. The Hall–Kier alpha value is -0.640. The van der Waals surface area contributed by atoms with Crippen molar-refractivity contribution in [3.63, 3.8) is 0 Å². The number of hydrogen-bond acceptors (Lipinski definition) is 3. The van der Waals surface area contributed by atoms with Crippen LogP contribution in [0.2, 0.25) is 0 Å². The molecule has 0 radical (unpaired) electrons. The minimum atomic E-state index is -0.308. The fraction of sp³-hybridized carbons (Fsp3) is 0.667. The van der Waals surface area contributed by atoms with Gasteiger partial charge >= 0.3 is 0 Å². The van der Waals surface area contributed by atoms with E-state index < -0.39 is 0 Å². The van der Waals surface area contributed by atoms with Gasteiger partial charge in [-0.15, -0.1) is 6.58 Å². The van der Waals surface area contributed by atoms with Crippen molar-refractivity contribution in [3.05, 3.63) is 24.3 Å². The lowest BCUT2D eigenvalue weighted by atomic mass is 9.95. The van der Waals surface area contributed by atoms with Crippen molar-refractivity contribution in [3.8, 4) is 0 Å². The summed E-state index contributed by atoms with van der Waals surface area (Å²) in [4.78, 5) is 0. The van der Waals surface area contributed by atoms with Gasteiger partial charge in [-0.05, 0) is 30.8 Å². The summed E-state index contributed by atoms with van der Waals surface area (Å²) in [5.41, 5.74) is 1.14. The number of aliphatic hydroxyl groups is 1. The molecule has 0 bridgehead atoms. The van der Waals surface area contributed by atoms with E-state index in [1.165, 1.54) is 0 Å². The second-order valence-electron chi connectivity index (χ2n) is 4.11. The normalized spacial score (nSPS) is 34.7. The summed E-state index contributed by atoms with van der Waals surface area (Å²) in [7, 11) is 0. The van der Waals surface area contributed by atoms with Crippen LogP contribution < -0.4 is 0 Å². The fourth-order valence-corrected chi connectivity index (χ4v) is 2.23. The quantitative estimate of drug-likeness (QED) is 0.566. The highest BCUT2D eigenvalue weighted by Crippen LogP contribution is 2.36. The molecule has 3 nitrogen and oxygen atoms in total. The Morgan fingerprint density at radius 1 is 1.67 bits per heavy atom. The summed E-state index contributed by atoms with van der Waals surface area (Å²) in [6, 6.07) is 0. The first-order valence-corrected chi connectivity index (χ1v) is 5.55. The molecule has 2 rings (SSSR count). The molecule has 0 spiro atoms. The molecule has 0 saturated carbocycles. The van der Waals surface area contributed by atoms with Crippen LogP contribution in [0.1, 0.15) is 19.3 Å². The van der Waals surface area contributed by atoms with Gasteiger partial charge in [0.15, 0.2) is 6.29 Å². The summed E-state index contributed by atoms with van der Waals surface area (Å²) in [5.74, 6) is 0.461. The topological polar surface area (TPSA) is 38.7 Å². The first-order chi connectivity index (χ1) is 7.31. The van der Waals surface area contributed by atoms with Crippen molar-refractivity contribution < 1.29 is 14.6 Å². The first kappa shape index (κ1) is 10.9. The molecule has 0 aromatic rings. The van der Waals surface area contributed by atoms with E-state index in [4.69, 9.17) is 9.47 Å². The largest absolute Gasteiger partial charge is 0.389 e. The van der Waals surface area contributed by atoms with Crippen molar-refractivity contribution in [2.75, 3.05) is 13.2 Å². The molecule has 1 heterocycles. The predicted octanol–water partition coefficient (Wildman–Crippen LogP) is 1.63. The molecule has 0 unspecified atom stereocenters. The minimum absolute atomic E-state index is 0.235. The molecule has 1 saturated heterocycles. The van der Waals surface area contributed by atoms with Crippen LogP contribution in [0.25, 0.3) is 0 Å². The van der Waals surface area contributed by atoms with Crippen molar-refractivity contribution in [2.45, 2.75) is 31.7 Å². The molecule has 0 aromatic heterocycles. The van der Waals surface area contributed by atoms with Crippen LogP contribution in [0.15, 0.2) is 24.3 Å². The van der Waals surface area contributed by atoms with Gasteiger partial charge in [0.1, 0.15) is 0 Å². The number of fused-ring (bicyclic) bond motifs is 1. The zero-order valence-corrected chi connectivity index (χ0v) is 8.89. The van der Waals surface area contributed by atoms with E-state index in [0.29, 0.717) is 12.5 Å². The van der Waals surface area contributed by atoms with Crippen molar-refractivity contribution in [1.29, 1.82) is 0 Å². The second kappa shape index (κ2) is 4.92. The summed E-state index contributed by atoms with van der Waals surface area (Å²) < 4.78 is 11.2. The lowest BCUT2D eigenvalue weighted by molar-refractivity contribution is -0.138. The van der Waals surface area contributed by atoms with Gasteiger partial charge in [0.05, 0.1) is 19.3 Å². The van der Waals surface area contributed by atoms with E-state index in [1.807, 2.05) is 12.2 Å². The molecule has 84 valence electrons. The Labute approximate surface area is 90.4 Å². The standard InChI is InChI=1S/C12H18O3/c1-2-3-5-14-12-11-8-10(13)7-9(11)4-6-15-12/h2,8-10,12-13H,1,3-7H2/t9-,10+,12+/m0/s1. The van der Waals surface area contributed by atoms with Crippen molar-refractivity contribution in [1.82, 2.24) is 0 Å². The molecule has 3 atom stereocenters. The Bertz CT molecular complexity index is 260. The van der Waals surface area contributed by atoms with Crippen LogP contribution in [0.4, 0.5) is 0 Å². The van der Waals surface area contributed by atoms with Crippen LogP contribution in [0.5, 0.6) is 0 Å². The van der Waals surface area contributed by atoms with E-state index in [-0.39, 0.29) is 12.4 Å². The monoisotopic (exact) mass is 210 g/mol. The molecule has 15 heavy (non-hydrogen) atoms. The summed E-state index contributed by atoms with van der Waals surface area (Å²) in [5, 5.41) is 9.55. The number of aliphatic hydroxyl groups excluding tert-OH is 1. The minimum Gasteiger partial charge on any atom is -0.389 e. The fourth-order valence-electron chi connectivity index (χ4n) is 2.23. The maximum absolute atomic E-state index is 9.55. The van der Waals surface area contributed by atoms with E-state index in [9.17, 15) is 5.11 Å². The third-order valence-electron chi connectivity index (χ3n) is 2.98. The van der Waals surface area contributed by atoms with Crippen LogP contribution in [-0.4, -0.2) is 30.7 Å². The average Bonchev–Trinajstić information content (AvgIpc) is 2.59. The highest BCUT2D eigenvalue weighted by Gasteiger charge is 2.34. The Morgan fingerprint density at radius 3 is 3.33 bits per heavy atom. The lowest BCUT2D eigenvalue weighted by Crippen LogP contribution is -2.29. The molecule has 1 aliphatic heterocycles. The van der Waals surface area contributed by atoms with Crippen LogP contribution in [0, 0.1) is 5.92 Å². The number of hydrogen-bond donors (Lipinski definition) is 1. The Kier molecular flexibility index (Phi) is 3.57. The highest BCUT2D eigenvalue weighted by atomic mass is 16.7. The molecule has 0 amide bonds. The lowest BCUT2D eigenvalue weighted by Gasteiger charge is -2.29. The zero-order chi connectivity index (χ0) is 10.7. The first-order valence-electron chi connectivity index (χ1n) is 5.55. The third-order valence-corrected chi connectivity index (χ3v) is 2.98. The molecule has 1 N–H and O–H groups in total. The van der Waals surface area contributed by atoms with E-state index in [0.717, 1.165) is 31.4 Å². The molecule has 3 heteroatoms. The molecular formula is C12H18O3. The molecule has 1 fully saturated rings. The molecular weight excluding hydrogens is 192 g/mol. The van der Waals surface area contributed by atoms with Crippen LogP contribution >= 0.6 is 0 Å². The maximum Gasteiger partial charge on any atom is 0.180 e. The molecule has 1 aliphatic carbocycles. The number of ether oxygens (including phenoxy) is 2. The third kappa shape index (κ3) is 2.48. The van der Waals surface area contributed by atoms with Crippen molar-refractivity contribution in [2.24, 2.45) is 5.92 Å². The highest BCUT2D eigenvalue weighted by molar-refractivity contribution is 5.20. The molecule has 2 aliphatic rings. The van der Waals surface area contributed by atoms with Gasteiger partial charge in [-0.2, -0.15) is 0 Å². The van der Waals surface area contributed by atoms with E-state index in [1.54, 1.807) is 0 Å². The Morgan fingerprint density at radius 2 is 2.53 bits per heavy atom. The zero-order valence-electron chi connectivity index (χ0n) is 8.89. The van der Waals surface area contributed by atoms with Crippen LogP contribution in [0.3, 0.4) is 0 Å². The van der Waals surface area contributed by atoms with Gasteiger partial charge in [0.2, 0.25) is 0 Å². The second-order valence-corrected chi connectivity index (χ2v) is 4.11. The van der Waals surface area contributed by atoms with Crippen LogP contribution in [-0.2, 0) is 9.47 Å². The average molecular weight is 210 g/mol. The molecule has 0 aromatic carbocycles. The number of rotatable bonds is 4. The Balaban J connectivity index is 1.92. The summed E-state index contributed by atoms with van der Waals surface area (Å²) in [6.45, 7) is 5.01. The van der Waals surface area contributed by atoms with Gasteiger partial charge in [-0.3, -0.25) is 0 Å². The van der Waals surface area contributed by atoms with Gasteiger partial charge < -0.3 is 14.6 Å². The van der Waals surface area contributed by atoms with Gasteiger partial charge in [-0.25, -0.2) is 0 Å².